The molecule has 5 fully saturated rings. The minimum Gasteiger partial charge on any atom is -0.393 e. The van der Waals surface area contributed by atoms with Crippen molar-refractivity contribution in [1.29, 1.82) is 0 Å². The van der Waals surface area contributed by atoms with Crippen molar-refractivity contribution in [3.05, 3.63) is 0 Å². The van der Waals surface area contributed by atoms with Crippen molar-refractivity contribution < 1.29 is 22.4 Å². The SMILES string of the molecule is CC(C)CCCC(C)[C@H]1CCC2C3C(CC[C@@]21C)[C@@]1(C)CC[C@H](O)C[C@]12O[C@@H]2[C@@H]3OS(C)(=O)=O. The Bertz CT molecular complexity index is 887. The zero-order valence-corrected chi connectivity index (χ0v) is 23.1. The summed E-state index contributed by atoms with van der Waals surface area (Å²) < 4.78 is 37.3. The Kier molecular flexibility index (Phi) is 6.31. The summed E-state index contributed by atoms with van der Waals surface area (Å²) in [7, 11) is -3.60. The second-order valence-corrected chi connectivity index (χ2v) is 15.4. The summed E-state index contributed by atoms with van der Waals surface area (Å²) in [5.41, 5.74) is -0.157. The van der Waals surface area contributed by atoms with Crippen molar-refractivity contribution in [3.8, 4) is 0 Å². The Morgan fingerprint density at radius 2 is 1.76 bits per heavy atom. The lowest BCUT2D eigenvalue weighted by Gasteiger charge is -2.61. The molecule has 5 nitrogen and oxygen atoms in total. The van der Waals surface area contributed by atoms with Gasteiger partial charge in [0.2, 0.25) is 0 Å². The first-order valence-electron chi connectivity index (χ1n) is 14.1. The number of aliphatic hydroxyl groups excluding tert-OH is 1. The fraction of sp³-hybridized carbons (Fsp3) is 1.00. The lowest BCUT2D eigenvalue weighted by molar-refractivity contribution is -0.144. The molecule has 1 spiro atoms. The van der Waals surface area contributed by atoms with Crippen molar-refractivity contribution in [2.75, 3.05) is 6.26 Å². The first-order chi connectivity index (χ1) is 15.8. The average molecular weight is 497 g/mol. The Morgan fingerprint density at radius 1 is 1.03 bits per heavy atom. The molecule has 1 heterocycles. The number of aliphatic hydroxyl groups is 1. The van der Waals surface area contributed by atoms with Gasteiger partial charge in [0.1, 0.15) is 17.8 Å². The molecule has 6 heteroatoms. The van der Waals surface area contributed by atoms with E-state index in [0.717, 1.165) is 25.2 Å². The Morgan fingerprint density at radius 3 is 2.44 bits per heavy atom. The van der Waals surface area contributed by atoms with E-state index in [0.29, 0.717) is 30.1 Å². The largest absolute Gasteiger partial charge is 0.393 e. The zero-order chi connectivity index (χ0) is 24.7. The van der Waals surface area contributed by atoms with Crippen LogP contribution < -0.4 is 0 Å². The minimum absolute atomic E-state index is 0.00121. The van der Waals surface area contributed by atoms with Gasteiger partial charge in [-0.15, -0.1) is 0 Å². The summed E-state index contributed by atoms with van der Waals surface area (Å²) >= 11 is 0. The van der Waals surface area contributed by atoms with E-state index in [1.807, 2.05) is 0 Å². The smallest absolute Gasteiger partial charge is 0.264 e. The molecular formula is C28H48O5S. The van der Waals surface area contributed by atoms with Crippen LogP contribution in [-0.2, 0) is 19.0 Å². The van der Waals surface area contributed by atoms with Crippen LogP contribution in [0.5, 0.6) is 0 Å². The van der Waals surface area contributed by atoms with E-state index in [9.17, 15) is 13.5 Å². The zero-order valence-electron chi connectivity index (χ0n) is 22.3. The molecule has 0 aromatic heterocycles. The van der Waals surface area contributed by atoms with Gasteiger partial charge in [-0.3, -0.25) is 4.18 Å². The van der Waals surface area contributed by atoms with Crippen LogP contribution in [0.2, 0.25) is 0 Å². The van der Waals surface area contributed by atoms with Gasteiger partial charge in [-0.2, -0.15) is 8.42 Å². The van der Waals surface area contributed by atoms with Gasteiger partial charge in [-0.1, -0.05) is 53.9 Å². The molecule has 4 saturated carbocycles. The van der Waals surface area contributed by atoms with Gasteiger partial charge < -0.3 is 9.84 Å². The number of hydrogen-bond donors (Lipinski definition) is 1. The molecule has 5 rings (SSSR count). The van der Waals surface area contributed by atoms with E-state index in [-0.39, 0.29) is 29.0 Å². The lowest BCUT2D eigenvalue weighted by Crippen LogP contribution is -2.63. The van der Waals surface area contributed by atoms with E-state index in [2.05, 4.69) is 34.6 Å². The molecule has 4 aliphatic carbocycles. The highest BCUT2D eigenvalue weighted by Crippen LogP contribution is 2.74. The van der Waals surface area contributed by atoms with Gasteiger partial charge in [-0.25, -0.2) is 0 Å². The van der Waals surface area contributed by atoms with Crippen LogP contribution in [-0.4, -0.2) is 43.7 Å². The Balaban J connectivity index is 1.45. The monoisotopic (exact) mass is 496 g/mol. The molecule has 0 radical (unpaired) electrons. The molecule has 0 bridgehead atoms. The topological polar surface area (TPSA) is 76.1 Å². The first kappa shape index (κ1) is 25.5. The Hall–Kier alpha value is -0.170. The molecule has 0 aromatic rings. The van der Waals surface area contributed by atoms with Gasteiger partial charge in [0.05, 0.1) is 12.4 Å². The minimum atomic E-state index is -3.60. The summed E-state index contributed by atoms with van der Waals surface area (Å²) in [6.45, 7) is 12.0. The van der Waals surface area contributed by atoms with Crippen LogP contribution in [0.25, 0.3) is 0 Å². The third kappa shape index (κ3) is 3.83. The molecule has 11 atom stereocenters. The normalized spacial score (nSPS) is 50.8. The predicted molar refractivity (Wildman–Crippen MR) is 134 cm³/mol. The number of rotatable bonds is 7. The lowest BCUT2D eigenvalue weighted by atomic mass is 9.43. The fourth-order valence-corrected chi connectivity index (χ4v) is 10.6. The van der Waals surface area contributed by atoms with Crippen molar-refractivity contribution in [3.63, 3.8) is 0 Å². The molecule has 4 unspecified atom stereocenters. The van der Waals surface area contributed by atoms with Crippen molar-refractivity contribution >= 4 is 10.1 Å². The maximum atomic E-state index is 12.4. The van der Waals surface area contributed by atoms with Crippen LogP contribution in [0.15, 0.2) is 0 Å². The molecule has 0 amide bonds. The van der Waals surface area contributed by atoms with E-state index in [1.165, 1.54) is 44.8 Å². The maximum Gasteiger partial charge on any atom is 0.264 e. The van der Waals surface area contributed by atoms with Crippen LogP contribution in [0, 0.1) is 46.3 Å². The van der Waals surface area contributed by atoms with Gasteiger partial charge in [0.15, 0.2) is 0 Å². The van der Waals surface area contributed by atoms with Crippen LogP contribution in [0.1, 0.15) is 98.8 Å². The van der Waals surface area contributed by atoms with Crippen molar-refractivity contribution in [1.82, 2.24) is 0 Å². The highest BCUT2D eigenvalue weighted by molar-refractivity contribution is 7.86. The molecule has 1 saturated heterocycles. The second-order valence-electron chi connectivity index (χ2n) is 13.8. The molecule has 1 aliphatic heterocycles. The third-order valence-electron chi connectivity index (χ3n) is 11.6. The number of hydrogen-bond acceptors (Lipinski definition) is 5. The number of fused-ring (bicyclic) bond motifs is 4. The van der Waals surface area contributed by atoms with Gasteiger partial charge in [0, 0.05) is 11.8 Å². The predicted octanol–water partition coefficient (Wildman–Crippen LogP) is 5.55. The fourth-order valence-electron chi connectivity index (χ4n) is 9.95. The van der Waals surface area contributed by atoms with E-state index >= 15 is 0 Å². The van der Waals surface area contributed by atoms with E-state index < -0.39 is 21.8 Å². The molecule has 1 N–H and O–H groups in total. The molecule has 0 aromatic carbocycles. The highest BCUT2D eigenvalue weighted by Gasteiger charge is 2.80. The van der Waals surface area contributed by atoms with Gasteiger partial charge in [0.25, 0.3) is 10.1 Å². The quantitative estimate of drug-likeness (QED) is 0.369. The maximum absolute atomic E-state index is 12.4. The second kappa shape index (κ2) is 8.43. The first-order valence-corrected chi connectivity index (χ1v) is 15.9. The third-order valence-corrected chi connectivity index (χ3v) is 12.1. The summed E-state index contributed by atoms with van der Waals surface area (Å²) in [4.78, 5) is 0. The van der Waals surface area contributed by atoms with Crippen LogP contribution in [0.3, 0.4) is 0 Å². The summed E-state index contributed by atoms with van der Waals surface area (Å²) in [5, 5.41) is 10.5. The standard InChI is InChI=1S/C28H48O5S/c1-17(2)8-7-9-18(3)20-10-11-21-23-22(13-14-26(20,21)4)27(5)15-12-19(29)16-28(27)25(32-28)24(23)33-34(6,30)31/h17-25,29H,7-16H2,1-6H3/t18?,19-,20+,21?,22?,23?,24+,25+,26+,27+,28+/m0/s1. The summed E-state index contributed by atoms with van der Waals surface area (Å²) in [6.07, 6.45) is 11.3. The van der Waals surface area contributed by atoms with Crippen LogP contribution in [0.4, 0.5) is 0 Å². The van der Waals surface area contributed by atoms with E-state index in [1.54, 1.807) is 0 Å². The molecular weight excluding hydrogens is 448 g/mol. The van der Waals surface area contributed by atoms with Crippen molar-refractivity contribution in [2.45, 2.75) is 123 Å². The molecule has 196 valence electrons. The molecule has 5 aliphatic rings. The number of epoxide rings is 1. The Labute approximate surface area is 207 Å². The number of ether oxygens (including phenoxy) is 1. The average Bonchev–Trinajstić information content (AvgIpc) is 3.33. The van der Waals surface area contributed by atoms with E-state index in [4.69, 9.17) is 8.92 Å². The van der Waals surface area contributed by atoms with Crippen LogP contribution >= 0.6 is 0 Å². The highest BCUT2D eigenvalue weighted by atomic mass is 32.2. The van der Waals surface area contributed by atoms with Gasteiger partial charge >= 0.3 is 0 Å². The summed E-state index contributed by atoms with van der Waals surface area (Å²) in [6, 6.07) is 0. The summed E-state index contributed by atoms with van der Waals surface area (Å²) in [5.74, 6) is 3.29. The van der Waals surface area contributed by atoms with Crippen molar-refractivity contribution in [2.24, 2.45) is 46.3 Å². The molecule has 34 heavy (non-hydrogen) atoms. The van der Waals surface area contributed by atoms with Gasteiger partial charge in [-0.05, 0) is 79.4 Å².